The summed E-state index contributed by atoms with van der Waals surface area (Å²) in [7, 11) is 0. The fourth-order valence-corrected chi connectivity index (χ4v) is 2.39. The molecule has 1 N–H and O–H groups in total. The molecule has 0 saturated carbocycles. The minimum Gasteiger partial charge on any atom is -0.370 e. The molecule has 1 aliphatic heterocycles. The molecule has 1 saturated heterocycles. The van der Waals surface area contributed by atoms with Crippen molar-refractivity contribution in [3.63, 3.8) is 0 Å². The van der Waals surface area contributed by atoms with E-state index in [1.54, 1.807) is 6.07 Å². The second kappa shape index (κ2) is 5.03. The first kappa shape index (κ1) is 13.6. The van der Waals surface area contributed by atoms with E-state index in [0.717, 1.165) is 26.1 Å². The van der Waals surface area contributed by atoms with Gasteiger partial charge in [-0.05, 0) is 24.8 Å². The van der Waals surface area contributed by atoms with Gasteiger partial charge < -0.3 is 10.2 Å². The van der Waals surface area contributed by atoms with Crippen LogP contribution in [0, 0.1) is 15.5 Å². The number of aromatic nitrogens is 1. The lowest BCUT2D eigenvalue weighted by Crippen LogP contribution is -2.24. The van der Waals surface area contributed by atoms with Crippen molar-refractivity contribution < 1.29 is 4.92 Å². The molecule has 104 valence electrons. The third-order valence-corrected chi connectivity index (χ3v) is 3.39. The number of anilines is 2. The standard InChI is InChI=1S/C13H20N4O2/c1-4-14-11-6-5-10(17(18)19)12(15-11)16-8-7-13(2,3)9-16/h5-6H,4,7-9H2,1-3H3,(H,14,15). The Kier molecular flexibility index (Phi) is 3.59. The van der Waals surface area contributed by atoms with E-state index in [1.165, 1.54) is 6.07 Å². The monoisotopic (exact) mass is 264 g/mol. The van der Waals surface area contributed by atoms with Crippen LogP contribution >= 0.6 is 0 Å². The Morgan fingerprint density at radius 3 is 2.79 bits per heavy atom. The highest BCUT2D eigenvalue weighted by Gasteiger charge is 2.33. The smallest absolute Gasteiger partial charge is 0.311 e. The van der Waals surface area contributed by atoms with E-state index in [4.69, 9.17) is 0 Å². The fourth-order valence-electron chi connectivity index (χ4n) is 2.39. The summed E-state index contributed by atoms with van der Waals surface area (Å²) in [4.78, 5) is 17.2. The van der Waals surface area contributed by atoms with Crippen LogP contribution in [-0.2, 0) is 0 Å². The summed E-state index contributed by atoms with van der Waals surface area (Å²) in [5, 5.41) is 14.2. The SMILES string of the molecule is CCNc1ccc([N+](=O)[O-])c(N2CCC(C)(C)C2)n1. The lowest BCUT2D eigenvalue weighted by molar-refractivity contribution is -0.384. The Labute approximate surface area is 113 Å². The molecule has 1 aromatic heterocycles. The van der Waals surface area contributed by atoms with Crippen molar-refractivity contribution in [1.82, 2.24) is 4.98 Å². The van der Waals surface area contributed by atoms with Crippen LogP contribution in [0.4, 0.5) is 17.3 Å². The molecule has 6 nitrogen and oxygen atoms in total. The molecule has 2 heterocycles. The first-order chi connectivity index (χ1) is 8.93. The summed E-state index contributed by atoms with van der Waals surface area (Å²) in [5.41, 5.74) is 0.267. The second-order valence-corrected chi connectivity index (χ2v) is 5.66. The Balaban J connectivity index is 2.35. The third kappa shape index (κ3) is 2.94. The largest absolute Gasteiger partial charge is 0.370 e. The first-order valence-electron chi connectivity index (χ1n) is 6.57. The number of rotatable bonds is 4. The molecule has 0 atom stereocenters. The predicted molar refractivity (Wildman–Crippen MR) is 75.7 cm³/mol. The van der Waals surface area contributed by atoms with Crippen LogP contribution in [0.1, 0.15) is 27.2 Å². The zero-order chi connectivity index (χ0) is 14.0. The number of nitrogens with one attached hydrogen (secondary N) is 1. The van der Waals surface area contributed by atoms with Gasteiger partial charge in [0.25, 0.3) is 0 Å². The van der Waals surface area contributed by atoms with Crippen LogP contribution in [0.5, 0.6) is 0 Å². The van der Waals surface area contributed by atoms with Gasteiger partial charge >= 0.3 is 5.69 Å². The highest BCUT2D eigenvalue weighted by atomic mass is 16.6. The summed E-state index contributed by atoms with van der Waals surface area (Å²) in [6, 6.07) is 3.19. The molecule has 0 bridgehead atoms. The van der Waals surface area contributed by atoms with E-state index in [-0.39, 0.29) is 16.0 Å². The minimum atomic E-state index is -0.358. The van der Waals surface area contributed by atoms with Gasteiger partial charge in [-0.3, -0.25) is 10.1 Å². The molecule has 1 aromatic rings. The predicted octanol–water partition coefficient (Wildman–Crippen LogP) is 2.66. The average Bonchev–Trinajstić information content (AvgIpc) is 2.69. The fraction of sp³-hybridized carbons (Fsp3) is 0.615. The Morgan fingerprint density at radius 2 is 2.26 bits per heavy atom. The summed E-state index contributed by atoms with van der Waals surface area (Å²) in [6.07, 6.45) is 1.03. The molecule has 0 aromatic carbocycles. The van der Waals surface area contributed by atoms with Gasteiger partial charge in [-0.1, -0.05) is 13.8 Å². The van der Waals surface area contributed by atoms with Crippen LogP contribution < -0.4 is 10.2 Å². The van der Waals surface area contributed by atoms with Crippen molar-refractivity contribution >= 4 is 17.3 Å². The lowest BCUT2D eigenvalue weighted by Gasteiger charge is -2.21. The van der Waals surface area contributed by atoms with E-state index >= 15 is 0 Å². The van der Waals surface area contributed by atoms with Crippen LogP contribution in [0.3, 0.4) is 0 Å². The van der Waals surface area contributed by atoms with Gasteiger partial charge in [-0.25, -0.2) is 4.98 Å². The van der Waals surface area contributed by atoms with Crippen LogP contribution in [0.2, 0.25) is 0 Å². The Morgan fingerprint density at radius 1 is 1.53 bits per heavy atom. The number of pyridine rings is 1. The first-order valence-corrected chi connectivity index (χ1v) is 6.57. The second-order valence-electron chi connectivity index (χ2n) is 5.66. The van der Waals surface area contributed by atoms with Gasteiger partial charge in [0, 0.05) is 25.7 Å². The van der Waals surface area contributed by atoms with Crippen molar-refractivity contribution in [1.29, 1.82) is 0 Å². The van der Waals surface area contributed by atoms with E-state index in [2.05, 4.69) is 24.1 Å². The zero-order valence-electron chi connectivity index (χ0n) is 11.6. The summed E-state index contributed by atoms with van der Waals surface area (Å²) in [6.45, 7) is 8.68. The van der Waals surface area contributed by atoms with Gasteiger partial charge in [0.2, 0.25) is 5.82 Å². The van der Waals surface area contributed by atoms with Crippen molar-refractivity contribution in [2.75, 3.05) is 29.9 Å². The highest BCUT2D eigenvalue weighted by molar-refractivity contribution is 5.62. The normalized spacial score (nSPS) is 17.5. The quantitative estimate of drug-likeness (QED) is 0.668. The third-order valence-electron chi connectivity index (χ3n) is 3.39. The highest BCUT2D eigenvalue weighted by Crippen LogP contribution is 2.36. The van der Waals surface area contributed by atoms with E-state index in [9.17, 15) is 10.1 Å². The van der Waals surface area contributed by atoms with E-state index in [1.807, 2.05) is 11.8 Å². The van der Waals surface area contributed by atoms with Crippen LogP contribution in [0.15, 0.2) is 12.1 Å². The van der Waals surface area contributed by atoms with E-state index in [0.29, 0.717) is 11.6 Å². The summed E-state index contributed by atoms with van der Waals surface area (Å²) >= 11 is 0. The number of hydrogen-bond acceptors (Lipinski definition) is 5. The lowest BCUT2D eigenvalue weighted by atomic mass is 9.93. The van der Waals surface area contributed by atoms with Gasteiger partial charge in [-0.15, -0.1) is 0 Å². The molecule has 1 aliphatic rings. The molecule has 0 radical (unpaired) electrons. The molecule has 0 spiro atoms. The molecule has 6 heteroatoms. The topological polar surface area (TPSA) is 71.3 Å². The summed E-state index contributed by atoms with van der Waals surface area (Å²) in [5.74, 6) is 1.17. The molecular weight excluding hydrogens is 244 g/mol. The molecule has 1 fully saturated rings. The molecule has 0 unspecified atom stereocenters. The average molecular weight is 264 g/mol. The summed E-state index contributed by atoms with van der Waals surface area (Å²) < 4.78 is 0. The maximum Gasteiger partial charge on any atom is 0.311 e. The van der Waals surface area contributed by atoms with Gasteiger partial charge in [-0.2, -0.15) is 0 Å². The van der Waals surface area contributed by atoms with Crippen LogP contribution in [-0.4, -0.2) is 29.5 Å². The number of nitrogens with zero attached hydrogens (tertiary/aromatic N) is 3. The molecular formula is C13H20N4O2. The van der Waals surface area contributed by atoms with Gasteiger partial charge in [0.1, 0.15) is 5.82 Å². The van der Waals surface area contributed by atoms with Gasteiger partial charge in [0.05, 0.1) is 4.92 Å². The number of hydrogen-bond donors (Lipinski definition) is 1. The Hall–Kier alpha value is -1.85. The van der Waals surface area contributed by atoms with Gasteiger partial charge in [0.15, 0.2) is 0 Å². The maximum absolute atomic E-state index is 11.1. The zero-order valence-corrected chi connectivity index (χ0v) is 11.6. The van der Waals surface area contributed by atoms with Crippen LogP contribution in [0.25, 0.3) is 0 Å². The van der Waals surface area contributed by atoms with Crippen molar-refractivity contribution in [3.05, 3.63) is 22.2 Å². The molecule has 19 heavy (non-hydrogen) atoms. The molecule has 2 rings (SSSR count). The molecule has 0 aliphatic carbocycles. The van der Waals surface area contributed by atoms with Crippen molar-refractivity contribution in [2.45, 2.75) is 27.2 Å². The van der Waals surface area contributed by atoms with Crippen molar-refractivity contribution in [3.8, 4) is 0 Å². The maximum atomic E-state index is 11.1. The Bertz CT molecular complexity index is 488. The minimum absolute atomic E-state index is 0.0827. The van der Waals surface area contributed by atoms with E-state index < -0.39 is 0 Å². The number of nitro groups is 1. The van der Waals surface area contributed by atoms with Crippen molar-refractivity contribution in [2.24, 2.45) is 5.41 Å². The molecule has 0 amide bonds.